The van der Waals surface area contributed by atoms with Crippen LogP contribution in [0.15, 0.2) is 6.07 Å². The third kappa shape index (κ3) is 2.09. The van der Waals surface area contributed by atoms with E-state index in [1.54, 1.807) is 6.07 Å². The standard InChI is InChI=1S/C24H27F2NO4/c1-12(28)22-6-7-24(25,26)21-23(22)8-9-27-17(22)11-14-15(19(29)13-4-3-5-13)10-16(30-2)20(31-21)18(14)23/h10,13,17,21,27H,3-9,11H2,1-2H3/t17-,21-,22-,23+/m1/s1. The normalized spacial score (nSPS) is 36.8. The number of hydrogen-bond acceptors (Lipinski definition) is 5. The summed E-state index contributed by atoms with van der Waals surface area (Å²) >= 11 is 0. The maximum atomic E-state index is 15.4. The number of benzene rings is 1. The van der Waals surface area contributed by atoms with E-state index in [9.17, 15) is 9.59 Å². The van der Waals surface area contributed by atoms with Gasteiger partial charge in [-0.25, -0.2) is 8.78 Å². The number of carbonyl (C=O) groups is 2. The molecule has 1 saturated heterocycles. The van der Waals surface area contributed by atoms with Crippen LogP contribution in [-0.2, 0) is 16.6 Å². The molecule has 2 aliphatic heterocycles. The van der Waals surface area contributed by atoms with Crippen LogP contribution in [0, 0.1) is 11.3 Å². The predicted octanol–water partition coefficient (Wildman–Crippen LogP) is 3.60. The van der Waals surface area contributed by atoms with Crippen LogP contribution in [0.3, 0.4) is 0 Å². The lowest BCUT2D eigenvalue weighted by molar-refractivity contribution is -0.201. The van der Waals surface area contributed by atoms with Crippen LogP contribution in [0.5, 0.6) is 11.5 Å². The highest BCUT2D eigenvalue weighted by Crippen LogP contribution is 2.71. The van der Waals surface area contributed by atoms with E-state index < -0.39 is 22.9 Å². The smallest absolute Gasteiger partial charge is 0.285 e. The number of nitrogens with one attached hydrogen (secondary N) is 1. The highest BCUT2D eigenvalue weighted by Gasteiger charge is 2.77. The number of halogens is 2. The molecule has 1 N–H and O–H groups in total. The van der Waals surface area contributed by atoms with Gasteiger partial charge in [-0.05, 0) is 57.2 Å². The van der Waals surface area contributed by atoms with Gasteiger partial charge in [-0.1, -0.05) is 6.42 Å². The highest BCUT2D eigenvalue weighted by molar-refractivity contribution is 6.02. The number of Topliss-reactive ketones (excluding diaryl/α,β-unsaturated/α-hetero) is 2. The number of hydrogen-bond donors (Lipinski definition) is 1. The average molecular weight is 431 g/mol. The van der Waals surface area contributed by atoms with E-state index in [1.165, 1.54) is 14.0 Å². The maximum absolute atomic E-state index is 15.4. The maximum Gasteiger partial charge on any atom is 0.285 e. The quantitative estimate of drug-likeness (QED) is 0.738. The van der Waals surface area contributed by atoms with Crippen molar-refractivity contribution in [2.45, 2.75) is 75.4 Å². The molecule has 2 bridgehead atoms. The summed E-state index contributed by atoms with van der Waals surface area (Å²) in [5.74, 6) is -2.43. The van der Waals surface area contributed by atoms with Gasteiger partial charge in [0.15, 0.2) is 23.4 Å². The molecule has 31 heavy (non-hydrogen) atoms. The van der Waals surface area contributed by atoms with Crippen molar-refractivity contribution in [3.63, 3.8) is 0 Å². The van der Waals surface area contributed by atoms with Gasteiger partial charge in [0.1, 0.15) is 5.78 Å². The van der Waals surface area contributed by atoms with Gasteiger partial charge in [0.05, 0.1) is 17.9 Å². The molecule has 1 aromatic carbocycles. The molecule has 0 radical (unpaired) electrons. The Labute approximate surface area is 179 Å². The Hall–Kier alpha value is -2.02. The first-order valence-corrected chi connectivity index (χ1v) is 11.4. The highest BCUT2D eigenvalue weighted by atomic mass is 19.3. The second-order valence-corrected chi connectivity index (χ2v) is 10.0. The van der Waals surface area contributed by atoms with E-state index in [2.05, 4.69) is 5.32 Å². The van der Waals surface area contributed by atoms with E-state index in [0.29, 0.717) is 42.0 Å². The van der Waals surface area contributed by atoms with E-state index in [-0.39, 0.29) is 36.4 Å². The lowest BCUT2D eigenvalue weighted by atomic mass is 9.42. The van der Waals surface area contributed by atoms with Crippen LogP contribution in [0.2, 0.25) is 0 Å². The fourth-order valence-electron chi connectivity index (χ4n) is 7.48. The minimum Gasteiger partial charge on any atom is -0.493 e. The number of rotatable bonds is 4. The SMILES string of the molecule is COc1cc(C(=O)C2CCC2)c2c3c1O[C@H]1C(F)(F)CC[C@@]4(C(C)=O)[C@@H](C2)NCC[C@]314. The van der Waals surface area contributed by atoms with Crippen molar-refractivity contribution in [1.29, 1.82) is 0 Å². The lowest BCUT2D eigenvalue weighted by Crippen LogP contribution is -2.75. The molecule has 3 aliphatic carbocycles. The molecule has 5 nitrogen and oxygen atoms in total. The first kappa shape index (κ1) is 19.6. The summed E-state index contributed by atoms with van der Waals surface area (Å²) in [6.07, 6.45) is 1.94. The summed E-state index contributed by atoms with van der Waals surface area (Å²) in [6.45, 7) is 2.07. The summed E-state index contributed by atoms with van der Waals surface area (Å²) < 4.78 is 42.4. The van der Waals surface area contributed by atoms with E-state index in [1.807, 2.05) is 0 Å². The molecule has 0 amide bonds. The van der Waals surface area contributed by atoms with Crippen molar-refractivity contribution in [1.82, 2.24) is 5.32 Å². The van der Waals surface area contributed by atoms with Gasteiger partial charge in [-0.15, -0.1) is 0 Å². The number of carbonyl (C=O) groups excluding carboxylic acids is 2. The van der Waals surface area contributed by atoms with Crippen LogP contribution >= 0.6 is 0 Å². The van der Waals surface area contributed by atoms with Crippen LogP contribution in [-0.4, -0.2) is 43.3 Å². The Morgan fingerprint density at radius 3 is 2.65 bits per heavy atom. The molecule has 7 heteroatoms. The molecule has 1 spiro atoms. The van der Waals surface area contributed by atoms with Gasteiger partial charge in [0.2, 0.25) is 0 Å². The third-order valence-electron chi connectivity index (χ3n) is 9.02. The minimum absolute atomic E-state index is 0.0188. The molecule has 6 rings (SSSR count). The number of methoxy groups -OCH3 is 1. The van der Waals surface area contributed by atoms with Crippen molar-refractivity contribution >= 4 is 11.6 Å². The molecule has 4 atom stereocenters. The monoisotopic (exact) mass is 431 g/mol. The lowest BCUT2D eigenvalue weighted by Gasteiger charge is -2.63. The Kier molecular flexibility index (Phi) is 3.84. The summed E-state index contributed by atoms with van der Waals surface area (Å²) in [5, 5.41) is 3.47. The summed E-state index contributed by atoms with van der Waals surface area (Å²) in [7, 11) is 1.48. The number of ether oxygens (including phenoxy) is 2. The molecule has 2 heterocycles. The third-order valence-corrected chi connectivity index (χ3v) is 9.02. The van der Waals surface area contributed by atoms with Gasteiger partial charge in [0.25, 0.3) is 5.92 Å². The molecule has 2 saturated carbocycles. The minimum atomic E-state index is -3.06. The molecule has 1 aromatic rings. The fraction of sp³-hybridized carbons (Fsp3) is 0.667. The Morgan fingerprint density at radius 2 is 2.00 bits per heavy atom. The second kappa shape index (κ2) is 6.06. The number of piperidine rings is 1. The summed E-state index contributed by atoms with van der Waals surface area (Å²) in [4.78, 5) is 26.6. The van der Waals surface area contributed by atoms with Crippen LogP contribution < -0.4 is 14.8 Å². The van der Waals surface area contributed by atoms with Gasteiger partial charge in [-0.2, -0.15) is 0 Å². The second-order valence-electron chi connectivity index (χ2n) is 10.0. The zero-order chi connectivity index (χ0) is 21.8. The first-order valence-electron chi connectivity index (χ1n) is 11.4. The van der Waals surface area contributed by atoms with Crippen LogP contribution in [0.1, 0.15) is 66.9 Å². The number of alkyl halides is 2. The van der Waals surface area contributed by atoms with Gasteiger partial charge in [0, 0.05) is 29.5 Å². The molecular weight excluding hydrogens is 404 g/mol. The van der Waals surface area contributed by atoms with Gasteiger partial charge >= 0.3 is 0 Å². The van der Waals surface area contributed by atoms with E-state index >= 15 is 8.78 Å². The molecule has 3 fully saturated rings. The van der Waals surface area contributed by atoms with Crippen molar-refractivity contribution in [3.05, 3.63) is 22.8 Å². The van der Waals surface area contributed by atoms with E-state index in [4.69, 9.17) is 9.47 Å². The zero-order valence-corrected chi connectivity index (χ0v) is 17.9. The van der Waals surface area contributed by atoms with Crippen molar-refractivity contribution in [2.24, 2.45) is 11.3 Å². The van der Waals surface area contributed by atoms with E-state index in [0.717, 1.165) is 24.8 Å². The van der Waals surface area contributed by atoms with Crippen molar-refractivity contribution < 1.29 is 27.8 Å². The van der Waals surface area contributed by atoms with Crippen molar-refractivity contribution in [3.8, 4) is 11.5 Å². The van der Waals surface area contributed by atoms with Crippen molar-refractivity contribution in [2.75, 3.05) is 13.7 Å². The van der Waals surface area contributed by atoms with Crippen LogP contribution in [0.4, 0.5) is 8.78 Å². The Morgan fingerprint density at radius 1 is 1.23 bits per heavy atom. The zero-order valence-electron chi connectivity index (χ0n) is 17.9. The summed E-state index contributed by atoms with van der Waals surface area (Å²) in [6, 6.07) is 1.41. The molecule has 5 aliphatic rings. The van der Waals surface area contributed by atoms with Crippen LogP contribution in [0.25, 0.3) is 0 Å². The topological polar surface area (TPSA) is 64.6 Å². The van der Waals surface area contributed by atoms with Gasteiger partial charge < -0.3 is 14.8 Å². The Bertz CT molecular complexity index is 1020. The molecule has 166 valence electrons. The molecule has 0 aromatic heterocycles. The fourth-order valence-corrected chi connectivity index (χ4v) is 7.48. The molecular formula is C24H27F2NO4. The average Bonchev–Trinajstić information content (AvgIpc) is 3.02. The number of ketones is 2. The van der Waals surface area contributed by atoms with Gasteiger partial charge in [-0.3, -0.25) is 9.59 Å². The predicted molar refractivity (Wildman–Crippen MR) is 108 cm³/mol. The summed E-state index contributed by atoms with van der Waals surface area (Å²) in [5.41, 5.74) is -0.0702. The largest absolute Gasteiger partial charge is 0.493 e. The first-order chi connectivity index (χ1) is 14.8. The molecule has 0 unspecified atom stereocenters. The Balaban J connectivity index is 1.68.